The lowest BCUT2D eigenvalue weighted by molar-refractivity contribution is -0.123. The zero-order valence-corrected chi connectivity index (χ0v) is 16.1. The van der Waals surface area contributed by atoms with E-state index in [0.717, 1.165) is 11.1 Å². The third kappa shape index (κ3) is 7.11. The molecule has 0 aromatic heterocycles. The molecule has 7 heteroatoms. The van der Waals surface area contributed by atoms with E-state index in [-0.39, 0.29) is 44.0 Å². The van der Waals surface area contributed by atoms with Crippen molar-refractivity contribution in [2.75, 3.05) is 26.2 Å². The summed E-state index contributed by atoms with van der Waals surface area (Å²) in [4.78, 5) is 35.4. The van der Waals surface area contributed by atoms with Gasteiger partial charge in [-0.25, -0.2) is 0 Å². The average Bonchev–Trinajstić information content (AvgIpc) is 2.69. The van der Waals surface area contributed by atoms with Crippen molar-refractivity contribution >= 4 is 17.7 Å². The Hall–Kier alpha value is -3.35. The molecule has 0 unspecified atom stereocenters. The van der Waals surface area contributed by atoms with E-state index in [4.69, 9.17) is 4.74 Å². The van der Waals surface area contributed by atoms with Crippen LogP contribution in [0.1, 0.15) is 21.5 Å². The number of hydrogen-bond donors (Lipinski definition) is 3. The minimum Gasteiger partial charge on any atom is -0.484 e. The first-order chi connectivity index (χ1) is 13.5. The first-order valence-electron chi connectivity index (χ1n) is 9.02. The summed E-state index contributed by atoms with van der Waals surface area (Å²) in [5.41, 5.74) is 2.59. The largest absolute Gasteiger partial charge is 0.484 e. The van der Waals surface area contributed by atoms with Crippen molar-refractivity contribution < 1.29 is 19.1 Å². The normalized spacial score (nSPS) is 10.1. The summed E-state index contributed by atoms with van der Waals surface area (Å²) in [5.74, 6) is -0.243. The van der Waals surface area contributed by atoms with E-state index >= 15 is 0 Å². The molecule has 148 valence electrons. The molecular weight excluding hydrogens is 358 g/mol. The maximum absolute atomic E-state index is 11.8. The van der Waals surface area contributed by atoms with Crippen molar-refractivity contribution in [2.24, 2.45) is 0 Å². The SMILES string of the molecule is Cc1ccc(OCC(=O)NCCNC(=O)CNC(=O)c2ccccc2)c(C)c1. The summed E-state index contributed by atoms with van der Waals surface area (Å²) < 4.78 is 5.49. The topological polar surface area (TPSA) is 96.5 Å². The summed E-state index contributed by atoms with van der Waals surface area (Å²) in [6.45, 7) is 4.22. The van der Waals surface area contributed by atoms with Gasteiger partial charge >= 0.3 is 0 Å². The quantitative estimate of drug-likeness (QED) is 0.570. The van der Waals surface area contributed by atoms with Crippen LogP contribution in [-0.4, -0.2) is 44.0 Å². The van der Waals surface area contributed by atoms with E-state index in [0.29, 0.717) is 11.3 Å². The summed E-state index contributed by atoms with van der Waals surface area (Å²) in [6.07, 6.45) is 0. The standard InChI is InChI=1S/C21H25N3O4/c1-15-8-9-18(16(2)12-15)28-14-20(26)23-11-10-22-19(25)13-24-21(27)17-6-4-3-5-7-17/h3-9,12H,10-11,13-14H2,1-2H3,(H,22,25)(H,23,26)(H,24,27). The van der Waals surface area contributed by atoms with Crippen LogP contribution < -0.4 is 20.7 Å². The molecule has 0 bridgehead atoms. The Bertz CT molecular complexity index is 822. The smallest absolute Gasteiger partial charge is 0.258 e. The number of benzene rings is 2. The van der Waals surface area contributed by atoms with Crippen LogP contribution in [-0.2, 0) is 9.59 Å². The van der Waals surface area contributed by atoms with Gasteiger partial charge in [0.1, 0.15) is 5.75 Å². The van der Waals surface area contributed by atoms with E-state index < -0.39 is 0 Å². The number of rotatable bonds is 9. The van der Waals surface area contributed by atoms with Crippen LogP contribution in [0.5, 0.6) is 5.75 Å². The van der Waals surface area contributed by atoms with Crippen LogP contribution in [0.25, 0.3) is 0 Å². The minimum atomic E-state index is -0.329. The van der Waals surface area contributed by atoms with Crippen LogP contribution in [0.2, 0.25) is 0 Å². The minimum absolute atomic E-state index is 0.0923. The van der Waals surface area contributed by atoms with Crippen molar-refractivity contribution in [3.8, 4) is 5.75 Å². The lowest BCUT2D eigenvalue weighted by Gasteiger charge is -2.11. The third-order valence-corrected chi connectivity index (χ3v) is 3.90. The molecule has 3 amide bonds. The van der Waals surface area contributed by atoms with Crippen LogP contribution in [0.15, 0.2) is 48.5 Å². The predicted molar refractivity (Wildman–Crippen MR) is 106 cm³/mol. The number of nitrogens with one attached hydrogen (secondary N) is 3. The molecule has 0 radical (unpaired) electrons. The van der Waals surface area contributed by atoms with Gasteiger partial charge in [0.2, 0.25) is 5.91 Å². The summed E-state index contributed by atoms with van der Waals surface area (Å²) in [7, 11) is 0. The molecule has 0 atom stereocenters. The molecule has 0 heterocycles. The Morgan fingerprint density at radius 2 is 1.54 bits per heavy atom. The number of carbonyl (C=O) groups is 3. The zero-order chi connectivity index (χ0) is 20.4. The zero-order valence-electron chi connectivity index (χ0n) is 16.1. The van der Waals surface area contributed by atoms with Gasteiger partial charge < -0.3 is 20.7 Å². The Labute approximate surface area is 164 Å². The molecule has 3 N–H and O–H groups in total. The fourth-order valence-corrected chi connectivity index (χ4v) is 2.47. The van der Waals surface area contributed by atoms with E-state index in [9.17, 15) is 14.4 Å². The molecule has 2 aromatic carbocycles. The van der Waals surface area contributed by atoms with Crippen molar-refractivity contribution in [3.05, 3.63) is 65.2 Å². The Morgan fingerprint density at radius 1 is 0.857 bits per heavy atom. The highest BCUT2D eigenvalue weighted by Crippen LogP contribution is 2.18. The Balaban J connectivity index is 1.58. The van der Waals surface area contributed by atoms with Crippen LogP contribution in [0.3, 0.4) is 0 Å². The molecule has 0 aliphatic carbocycles. The molecular formula is C21H25N3O4. The van der Waals surface area contributed by atoms with Crippen molar-refractivity contribution in [1.29, 1.82) is 0 Å². The first-order valence-corrected chi connectivity index (χ1v) is 9.02. The highest BCUT2D eigenvalue weighted by molar-refractivity contribution is 5.96. The number of ether oxygens (including phenoxy) is 1. The lowest BCUT2D eigenvalue weighted by atomic mass is 10.1. The van der Waals surface area contributed by atoms with Gasteiger partial charge in [0.05, 0.1) is 6.54 Å². The maximum atomic E-state index is 11.8. The molecule has 2 aromatic rings. The molecule has 0 saturated heterocycles. The van der Waals surface area contributed by atoms with Crippen LogP contribution in [0.4, 0.5) is 0 Å². The van der Waals surface area contributed by atoms with E-state index in [1.54, 1.807) is 24.3 Å². The molecule has 2 rings (SSSR count). The first kappa shape index (κ1) is 21.0. The molecule has 0 spiro atoms. The van der Waals surface area contributed by atoms with Gasteiger partial charge in [-0.05, 0) is 37.6 Å². The second kappa shape index (κ2) is 10.7. The van der Waals surface area contributed by atoms with Gasteiger partial charge in [0.15, 0.2) is 6.61 Å². The van der Waals surface area contributed by atoms with E-state index in [1.807, 2.05) is 38.1 Å². The lowest BCUT2D eigenvalue weighted by Crippen LogP contribution is -2.41. The summed E-state index contributed by atoms with van der Waals surface area (Å²) in [5, 5.41) is 7.83. The number of aryl methyl sites for hydroxylation is 2. The van der Waals surface area contributed by atoms with Crippen molar-refractivity contribution in [1.82, 2.24) is 16.0 Å². The van der Waals surface area contributed by atoms with Crippen LogP contribution >= 0.6 is 0 Å². The second-order valence-electron chi connectivity index (χ2n) is 6.31. The average molecular weight is 383 g/mol. The highest BCUT2D eigenvalue weighted by Gasteiger charge is 2.08. The molecule has 7 nitrogen and oxygen atoms in total. The van der Waals surface area contributed by atoms with Crippen LogP contribution in [0, 0.1) is 13.8 Å². The molecule has 0 fully saturated rings. The number of hydrogen-bond acceptors (Lipinski definition) is 4. The van der Waals surface area contributed by atoms with Gasteiger partial charge in [0, 0.05) is 18.7 Å². The third-order valence-electron chi connectivity index (χ3n) is 3.90. The maximum Gasteiger partial charge on any atom is 0.258 e. The van der Waals surface area contributed by atoms with Gasteiger partial charge in [-0.3, -0.25) is 14.4 Å². The van der Waals surface area contributed by atoms with E-state index in [2.05, 4.69) is 16.0 Å². The monoisotopic (exact) mass is 383 g/mol. The molecule has 0 aliphatic heterocycles. The van der Waals surface area contributed by atoms with Crippen molar-refractivity contribution in [3.63, 3.8) is 0 Å². The molecule has 28 heavy (non-hydrogen) atoms. The summed E-state index contributed by atoms with van der Waals surface area (Å²) >= 11 is 0. The van der Waals surface area contributed by atoms with Gasteiger partial charge in [-0.1, -0.05) is 35.9 Å². The molecule has 0 aliphatic rings. The number of amides is 3. The van der Waals surface area contributed by atoms with E-state index in [1.165, 1.54) is 0 Å². The van der Waals surface area contributed by atoms with Gasteiger partial charge in [0.25, 0.3) is 11.8 Å². The number of carbonyl (C=O) groups excluding carboxylic acids is 3. The van der Waals surface area contributed by atoms with Gasteiger partial charge in [-0.2, -0.15) is 0 Å². The fourth-order valence-electron chi connectivity index (χ4n) is 2.47. The fraction of sp³-hybridized carbons (Fsp3) is 0.286. The predicted octanol–water partition coefficient (Wildman–Crippen LogP) is 1.34. The summed E-state index contributed by atoms with van der Waals surface area (Å²) in [6, 6.07) is 14.4. The van der Waals surface area contributed by atoms with Gasteiger partial charge in [-0.15, -0.1) is 0 Å². The highest BCUT2D eigenvalue weighted by atomic mass is 16.5. The Kier molecular flexibility index (Phi) is 8.02. The van der Waals surface area contributed by atoms with Crippen molar-refractivity contribution in [2.45, 2.75) is 13.8 Å². The second-order valence-corrected chi connectivity index (χ2v) is 6.31. The Morgan fingerprint density at radius 3 is 2.21 bits per heavy atom. The molecule has 0 saturated carbocycles.